The maximum absolute atomic E-state index is 13.7. The van der Waals surface area contributed by atoms with Crippen molar-refractivity contribution in [3.8, 4) is 5.75 Å². The Balaban J connectivity index is 1.69. The van der Waals surface area contributed by atoms with Crippen LogP contribution >= 0.6 is 11.3 Å². The standard InChI is InChI=1S/C19H19FN2O2S/c1-11(2)13-8-7-12(3)9-15(13)24-10-17(23)21-19-22-18-14(20)5-4-6-16(18)25-19/h4-9,11H,10H2,1-3H3,(H,21,22,23). The topological polar surface area (TPSA) is 51.2 Å². The molecule has 0 unspecified atom stereocenters. The average Bonchev–Trinajstić information content (AvgIpc) is 2.96. The van der Waals surface area contributed by atoms with E-state index in [2.05, 4.69) is 24.1 Å². The summed E-state index contributed by atoms with van der Waals surface area (Å²) in [5.74, 6) is 0.286. The minimum atomic E-state index is -0.396. The molecule has 4 nitrogen and oxygen atoms in total. The largest absolute Gasteiger partial charge is 0.483 e. The summed E-state index contributed by atoms with van der Waals surface area (Å²) in [6.07, 6.45) is 0. The number of halogens is 1. The summed E-state index contributed by atoms with van der Waals surface area (Å²) in [4.78, 5) is 16.3. The van der Waals surface area contributed by atoms with Gasteiger partial charge < -0.3 is 4.74 Å². The van der Waals surface area contributed by atoms with Crippen LogP contribution in [0, 0.1) is 12.7 Å². The maximum atomic E-state index is 13.7. The first-order valence-corrected chi connectivity index (χ1v) is 8.84. The van der Waals surface area contributed by atoms with Gasteiger partial charge in [0.15, 0.2) is 11.7 Å². The van der Waals surface area contributed by atoms with E-state index in [-0.39, 0.29) is 18.0 Å². The third-order valence-electron chi connectivity index (χ3n) is 3.77. The lowest BCUT2D eigenvalue weighted by atomic mass is 10.0. The summed E-state index contributed by atoms with van der Waals surface area (Å²) in [7, 11) is 0. The van der Waals surface area contributed by atoms with Crippen LogP contribution in [0.1, 0.15) is 30.9 Å². The molecule has 0 atom stereocenters. The first kappa shape index (κ1) is 17.4. The molecule has 0 saturated heterocycles. The fourth-order valence-corrected chi connectivity index (χ4v) is 3.41. The number of carbonyl (C=O) groups excluding carboxylic acids is 1. The van der Waals surface area contributed by atoms with E-state index in [1.54, 1.807) is 12.1 Å². The molecule has 1 amide bonds. The van der Waals surface area contributed by atoms with Gasteiger partial charge in [0, 0.05) is 0 Å². The molecule has 6 heteroatoms. The predicted molar refractivity (Wildman–Crippen MR) is 99.0 cm³/mol. The molecule has 130 valence electrons. The Hall–Kier alpha value is -2.47. The molecule has 0 bridgehead atoms. The van der Waals surface area contributed by atoms with E-state index >= 15 is 0 Å². The van der Waals surface area contributed by atoms with Crippen LogP contribution in [-0.4, -0.2) is 17.5 Å². The normalized spacial score (nSPS) is 11.1. The van der Waals surface area contributed by atoms with Gasteiger partial charge in [0.2, 0.25) is 0 Å². The van der Waals surface area contributed by atoms with Crippen LogP contribution < -0.4 is 10.1 Å². The van der Waals surface area contributed by atoms with E-state index in [0.717, 1.165) is 11.1 Å². The van der Waals surface area contributed by atoms with Gasteiger partial charge in [0.25, 0.3) is 5.91 Å². The SMILES string of the molecule is Cc1ccc(C(C)C)c(OCC(=O)Nc2nc3c(F)cccc3s2)c1. The maximum Gasteiger partial charge on any atom is 0.264 e. The smallest absolute Gasteiger partial charge is 0.264 e. The van der Waals surface area contributed by atoms with Gasteiger partial charge in [-0.15, -0.1) is 0 Å². The zero-order valence-electron chi connectivity index (χ0n) is 14.3. The van der Waals surface area contributed by atoms with Crippen molar-refractivity contribution in [1.82, 2.24) is 4.98 Å². The number of para-hydroxylation sites is 1. The number of hydrogen-bond acceptors (Lipinski definition) is 4. The second kappa shape index (κ2) is 7.19. The third-order valence-corrected chi connectivity index (χ3v) is 4.70. The van der Waals surface area contributed by atoms with Crippen LogP contribution in [0.15, 0.2) is 36.4 Å². The van der Waals surface area contributed by atoms with Gasteiger partial charge in [-0.25, -0.2) is 9.37 Å². The molecule has 0 spiro atoms. The van der Waals surface area contributed by atoms with E-state index in [4.69, 9.17) is 4.74 Å². The molecule has 1 heterocycles. The molecule has 3 rings (SSSR count). The number of aromatic nitrogens is 1. The lowest BCUT2D eigenvalue weighted by molar-refractivity contribution is -0.118. The number of rotatable bonds is 5. The molecular weight excluding hydrogens is 339 g/mol. The van der Waals surface area contributed by atoms with Gasteiger partial charge in [0.05, 0.1) is 4.70 Å². The number of anilines is 1. The summed E-state index contributed by atoms with van der Waals surface area (Å²) in [6.45, 7) is 6.01. The van der Waals surface area contributed by atoms with E-state index < -0.39 is 5.82 Å². The number of amides is 1. The second-order valence-corrected chi connectivity index (χ2v) is 7.17. The molecule has 0 saturated carbocycles. The number of nitrogens with one attached hydrogen (secondary N) is 1. The molecule has 0 aliphatic rings. The van der Waals surface area contributed by atoms with Gasteiger partial charge in [-0.3, -0.25) is 10.1 Å². The number of thiazole rings is 1. The summed E-state index contributed by atoms with van der Waals surface area (Å²) in [5.41, 5.74) is 2.39. The molecule has 1 N–H and O–H groups in total. The number of aryl methyl sites for hydroxylation is 1. The average molecular weight is 358 g/mol. The van der Waals surface area contributed by atoms with Gasteiger partial charge in [-0.2, -0.15) is 0 Å². The minimum Gasteiger partial charge on any atom is -0.483 e. The Kier molecular flexibility index (Phi) is 4.99. The zero-order valence-corrected chi connectivity index (χ0v) is 15.1. The summed E-state index contributed by atoms with van der Waals surface area (Å²) < 4.78 is 20.1. The number of ether oxygens (including phenoxy) is 1. The van der Waals surface area contributed by atoms with Gasteiger partial charge >= 0.3 is 0 Å². The fraction of sp³-hybridized carbons (Fsp3) is 0.263. The molecule has 3 aromatic rings. The van der Waals surface area contributed by atoms with E-state index in [1.165, 1.54) is 17.4 Å². The quantitative estimate of drug-likeness (QED) is 0.707. The van der Waals surface area contributed by atoms with Gasteiger partial charge in [-0.05, 0) is 42.2 Å². The summed E-state index contributed by atoms with van der Waals surface area (Å²) in [6, 6.07) is 10.7. The number of nitrogens with zero attached hydrogens (tertiary/aromatic N) is 1. The highest BCUT2D eigenvalue weighted by Crippen LogP contribution is 2.29. The van der Waals surface area contributed by atoms with Crippen LogP contribution in [0.4, 0.5) is 9.52 Å². The third kappa shape index (κ3) is 3.96. The van der Waals surface area contributed by atoms with E-state index in [1.807, 2.05) is 25.1 Å². The van der Waals surface area contributed by atoms with Crippen molar-refractivity contribution in [2.45, 2.75) is 26.7 Å². The van der Waals surface area contributed by atoms with Crippen molar-refractivity contribution >= 4 is 32.6 Å². The molecule has 0 aliphatic heterocycles. The highest BCUT2D eigenvalue weighted by Gasteiger charge is 2.13. The molecule has 1 aromatic heterocycles. The Morgan fingerprint density at radius 2 is 2.12 bits per heavy atom. The van der Waals surface area contributed by atoms with Gasteiger partial charge in [0.1, 0.15) is 17.1 Å². The molecule has 0 fully saturated rings. The van der Waals surface area contributed by atoms with Crippen molar-refractivity contribution in [1.29, 1.82) is 0 Å². The first-order valence-electron chi connectivity index (χ1n) is 8.02. The Labute approximate surface area is 149 Å². The van der Waals surface area contributed by atoms with Crippen molar-refractivity contribution in [2.75, 3.05) is 11.9 Å². The van der Waals surface area contributed by atoms with Crippen molar-refractivity contribution in [2.24, 2.45) is 0 Å². The number of carbonyl (C=O) groups is 1. The highest BCUT2D eigenvalue weighted by atomic mass is 32.1. The molecule has 0 aliphatic carbocycles. The molecular formula is C19H19FN2O2S. The van der Waals surface area contributed by atoms with Crippen LogP contribution in [-0.2, 0) is 4.79 Å². The van der Waals surface area contributed by atoms with Crippen molar-refractivity contribution < 1.29 is 13.9 Å². The minimum absolute atomic E-state index is 0.123. The number of hydrogen-bond donors (Lipinski definition) is 1. The lowest BCUT2D eigenvalue weighted by Gasteiger charge is -2.14. The van der Waals surface area contributed by atoms with Crippen LogP contribution in [0.5, 0.6) is 5.75 Å². The van der Waals surface area contributed by atoms with Crippen molar-refractivity contribution in [3.05, 3.63) is 53.3 Å². The lowest BCUT2D eigenvalue weighted by Crippen LogP contribution is -2.20. The number of fused-ring (bicyclic) bond motifs is 1. The van der Waals surface area contributed by atoms with Crippen LogP contribution in [0.2, 0.25) is 0 Å². The fourth-order valence-electron chi connectivity index (χ4n) is 2.51. The Morgan fingerprint density at radius 3 is 2.84 bits per heavy atom. The molecule has 0 radical (unpaired) electrons. The number of benzene rings is 2. The van der Waals surface area contributed by atoms with Gasteiger partial charge in [-0.1, -0.05) is 43.4 Å². The van der Waals surface area contributed by atoms with Crippen LogP contribution in [0.25, 0.3) is 10.2 Å². The monoisotopic (exact) mass is 358 g/mol. The van der Waals surface area contributed by atoms with E-state index in [0.29, 0.717) is 21.5 Å². The zero-order chi connectivity index (χ0) is 18.0. The van der Waals surface area contributed by atoms with E-state index in [9.17, 15) is 9.18 Å². The molecule has 25 heavy (non-hydrogen) atoms. The summed E-state index contributed by atoms with van der Waals surface area (Å²) >= 11 is 1.23. The Morgan fingerprint density at radius 1 is 1.32 bits per heavy atom. The van der Waals surface area contributed by atoms with Crippen molar-refractivity contribution in [3.63, 3.8) is 0 Å². The Bertz CT molecular complexity index is 921. The molecule has 2 aromatic carbocycles. The predicted octanol–water partition coefficient (Wildman–Crippen LogP) is 4.88. The van der Waals surface area contributed by atoms with Crippen LogP contribution in [0.3, 0.4) is 0 Å². The first-order chi connectivity index (χ1) is 11.9. The highest BCUT2D eigenvalue weighted by molar-refractivity contribution is 7.22. The summed E-state index contributed by atoms with van der Waals surface area (Å²) in [5, 5.41) is 3.03. The second-order valence-electron chi connectivity index (χ2n) is 6.14.